The largest absolute Gasteiger partial charge is 0.381 e. The van der Waals surface area contributed by atoms with Crippen molar-refractivity contribution in [1.29, 1.82) is 0 Å². The quantitative estimate of drug-likeness (QED) is 0.865. The molecule has 1 aliphatic heterocycles. The molecular formula is C12H16INO. The van der Waals surface area contributed by atoms with Crippen LogP contribution in [0.4, 0.5) is 0 Å². The zero-order valence-corrected chi connectivity index (χ0v) is 10.9. The Morgan fingerprint density at radius 2 is 2.13 bits per heavy atom. The Morgan fingerprint density at radius 1 is 1.33 bits per heavy atom. The van der Waals surface area contributed by atoms with Crippen molar-refractivity contribution in [3.8, 4) is 0 Å². The lowest BCUT2D eigenvalue weighted by atomic mass is 10.1. The number of halogens is 1. The lowest BCUT2D eigenvalue weighted by Crippen LogP contribution is -2.34. The van der Waals surface area contributed by atoms with Crippen molar-refractivity contribution in [3.05, 3.63) is 33.4 Å². The Bertz CT molecular complexity index is 310. The van der Waals surface area contributed by atoms with Crippen molar-refractivity contribution < 1.29 is 4.74 Å². The van der Waals surface area contributed by atoms with Crippen molar-refractivity contribution in [1.82, 2.24) is 5.32 Å². The van der Waals surface area contributed by atoms with E-state index in [0.29, 0.717) is 6.04 Å². The van der Waals surface area contributed by atoms with Gasteiger partial charge in [-0.1, -0.05) is 12.1 Å². The molecule has 1 saturated heterocycles. The van der Waals surface area contributed by atoms with E-state index in [1.807, 2.05) is 0 Å². The van der Waals surface area contributed by atoms with E-state index >= 15 is 0 Å². The van der Waals surface area contributed by atoms with Crippen LogP contribution in [0.15, 0.2) is 24.3 Å². The first-order valence-corrected chi connectivity index (χ1v) is 6.48. The maximum Gasteiger partial charge on any atom is 0.0480 e. The number of rotatable bonds is 3. The third-order valence-corrected chi connectivity index (χ3v) is 3.38. The van der Waals surface area contributed by atoms with Gasteiger partial charge in [0.05, 0.1) is 0 Å². The molecule has 0 atom stereocenters. The number of hydrogen-bond donors (Lipinski definition) is 1. The number of ether oxygens (including phenoxy) is 1. The Balaban J connectivity index is 1.81. The van der Waals surface area contributed by atoms with Gasteiger partial charge in [0.2, 0.25) is 0 Å². The van der Waals surface area contributed by atoms with Crippen LogP contribution in [0.2, 0.25) is 0 Å². The van der Waals surface area contributed by atoms with E-state index in [1.54, 1.807) is 0 Å². The molecule has 0 spiro atoms. The summed E-state index contributed by atoms with van der Waals surface area (Å²) in [4.78, 5) is 0. The lowest BCUT2D eigenvalue weighted by molar-refractivity contribution is 0.0776. The van der Waals surface area contributed by atoms with Crippen molar-refractivity contribution in [2.24, 2.45) is 0 Å². The second-order valence-electron chi connectivity index (χ2n) is 3.90. The van der Waals surface area contributed by atoms with Gasteiger partial charge >= 0.3 is 0 Å². The first kappa shape index (κ1) is 11.4. The second-order valence-corrected chi connectivity index (χ2v) is 5.14. The SMILES string of the molecule is Ic1cccc(CNC2CCOCC2)c1. The fourth-order valence-corrected chi connectivity index (χ4v) is 2.42. The molecule has 1 aliphatic rings. The Hall–Kier alpha value is -0.130. The molecule has 1 aromatic carbocycles. The monoisotopic (exact) mass is 317 g/mol. The van der Waals surface area contributed by atoms with E-state index < -0.39 is 0 Å². The predicted molar refractivity (Wildman–Crippen MR) is 69.8 cm³/mol. The van der Waals surface area contributed by atoms with Crippen LogP contribution in [0, 0.1) is 3.57 Å². The maximum atomic E-state index is 5.33. The summed E-state index contributed by atoms with van der Waals surface area (Å²) < 4.78 is 6.63. The fourth-order valence-electron chi connectivity index (χ4n) is 1.81. The van der Waals surface area contributed by atoms with Crippen LogP contribution in [0.1, 0.15) is 18.4 Å². The number of nitrogens with one attached hydrogen (secondary N) is 1. The molecule has 15 heavy (non-hydrogen) atoms. The molecule has 82 valence electrons. The molecule has 3 heteroatoms. The van der Waals surface area contributed by atoms with Crippen molar-refractivity contribution in [2.45, 2.75) is 25.4 Å². The van der Waals surface area contributed by atoms with E-state index in [-0.39, 0.29) is 0 Å². The van der Waals surface area contributed by atoms with Crippen LogP contribution in [0.5, 0.6) is 0 Å². The number of benzene rings is 1. The minimum atomic E-state index is 0.636. The van der Waals surface area contributed by atoms with Gasteiger partial charge in [-0.25, -0.2) is 0 Å². The molecule has 2 rings (SSSR count). The standard InChI is InChI=1S/C12H16INO/c13-11-3-1-2-10(8-11)9-14-12-4-6-15-7-5-12/h1-3,8,12,14H,4-7,9H2. The highest BCUT2D eigenvalue weighted by molar-refractivity contribution is 14.1. The summed E-state index contributed by atoms with van der Waals surface area (Å²) in [7, 11) is 0. The molecule has 1 N–H and O–H groups in total. The average molecular weight is 317 g/mol. The second kappa shape index (κ2) is 5.82. The van der Waals surface area contributed by atoms with E-state index in [2.05, 4.69) is 52.2 Å². The van der Waals surface area contributed by atoms with Gasteiger partial charge in [-0.15, -0.1) is 0 Å². The minimum Gasteiger partial charge on any atom is -0.381 e. The van der Waals surface area contributed by atoms with E-state index in [0.717, 1.165) is 32.6 Å². The topological polar surface area (TPSA) is 21.3 Å². The molecule has 1 fully saturated rings. The fraction of sp³-hybridized carbons (Fsp3) is 0.500. The molecule has 0 bridgehead atoms. The lowest BCUT2D eigenvalue weighted by Gasteiger charge is -2.23. The first-order valence-electron chi connectivity index (χ1n) is 5.40. The average Bonchev–Trinajstić information content (AvgIpc) is 2.28. The Labute approximate surface area is 105 Å². The van der Waals surface area contributed by atoms with Crippen molar-refractivity contribution in [3.63, 3.8) is 0 Å². The molecule has 0 aromatic heterocycles. The van der Waals surface area contributed by atoms with E-state index in [1.165, 1.54) is 9.13 Å². The highest BCUT2D eigenvalue weighted by atomic mass is 127. The zero-order valence-electron chi connectivity index (χ0n) is 8.71. The van der Waals surface area contributed by atoms with Gasteiger partial charge in [0.25, 0.3) is 0 Å². The van der Waals surface area contributed by atoms with E-state index in [4.69, 9.17) is 4.74 Å². The van der Waals surface area contributed by atoms with Gasteiger partial charge in [0.1, 0.15) is 0 Å². The smallest absolute Gasteiger partial charge is 0.0480 e. The molecule has 1 aromatic rings. The Kier molecular flexibility index (Phi) is 4.41. The maximum absolute atomic E-state index is 5.33. The van der Waals surface area contributed by atoms with Gasteiger partial charge in [0, 0.05) is 29.4 Å². The van der Waals surface area contributed by atoms with Gasteiger partial charge in [-0.05, 0) is 53.1 Å². The minimum absolute atomic E-state index is 0.636. The van der Waals surface area contributed by atoms with Crippen LogP contribution in [-0.2, 0) is 11.3 Å². The molecule has 0 saturated carbocycles. The van der Waals surface area contributed by atoms with Crippen LogP contribution in [0.25, 0.3) is 0 Å². The normalized spacial score (nSPS) is 17.9. The van der Waals surface area contributed by atoms with Crippen molar-refractivity contribution in [2.75, 3.05) is 13.2 Å². The summed E-state index contributed by atoms with van der Waals surface area (Å²) in [5.74, 6) is 0. The van der Waals surface area contributed by atoms with E-state index in [9.17, 15) is 0 Å². The summed E-state index contributed by atoms with van der Waals surface area (Å²) in [6.45, 7) is 2.79. The zero-order chi connectivity index (χ0) is 10.5. The summed E-state index contributed by atoms with van der Waals surface area (Å²) >= 11 is 2.35. The molecule has 0 radical (unpaired) electrons. The molecule has 0 amide bonds. The third-order valence-electron chi connectivity index (χ3n) is 2.71. The molecule has 2 nitrogen and oxygen atoms in total. The summed E-state index contributed by atoms with van der Waals surface area (Å²) in [5, 5.41) is 3.58. The van der Waals surface area contributed by atoms with Crippen LogP contribution in [-0.4, -0.2) is 19.3 Å². The van der Waals surface area contributed by atoms with Gasteiger partial charge < -0.3 is 10.1 Å². The number of hydrogen-bond acceptors (Lipinski definition) is 2. The van der Waals surface area contributed by atoms with Crippen LogP contribution in [0.3, 0.4) is 0 Å². The van der Waals surface area contributed by atoms with Gasteiger partial charge in [-0.2, -0.15) is 0 Å². The van der Waals surface area contributed by atoms with Crippen molar-refractivity contribution >= 4 is 22.6 Å². The third kappa shape index (κ3) is 3.74. The Morgan fingerprint density at radius 3 is 2.87 bits per heavy atom. The first-order chi connectivity index (χ1) is 7.34. The van der Waals surface area contributed by atoms with Gasteiger partial charge in [-0.3, -0.25) is 0 Å². The highest BCUT2D eigenvalue weighted by Gasteiger charge is 2.12. The highest BCUT2D eigenvalue weighted by Crippen LogP contribution is 2.10. The summed E-state index contributed by atoms with van der Waals surface area (Å²) in [6, 6.07) is 9.28. The summed E-state index contributed by atoms with van der Waals surface area (Å²) in [6.07, 6.45) is 2.29. The summed E-state index contributed by atoms with van der Waals surface area (Å²) in [5.41, 5.74) is 1.37. The molecule has 0 unspecified atom stereocenters. The van der Waals surface area contributed by atoms with Gasteiger partial charge in [0.15, 0.2) is 0 Å². The molecule has 0 aliphatic carbocycles. The van der Waals surface area contributed by atoms with Crippen LogP contribution >= 0.6 is 22.6 Å². The molecule has 1 heterocycles. The van der Waals surface area contributed by atoms with Crippen LogP contribution < -0.4 is 5.32 Å². The predicted octanol–water partition coefficient (Wildman–Crippen LogP) is 2.56. The molecular weight excluding hydrogens is 301 g/mol.